The minimum atomic E-state index is -0.210. The summed E-state index contributed by atoms with van der Waals surface area (Å²) in [5.74, 6) is 0.955. The van der Waals surface area contributed by atoms with E-state index in [1.807, 2.05) is 6.92 Å². The van der Waals surface area contributed by atoms with Gasteiger partial charge in [0.2, 0.25) is 0 Å². The number of hydrogen-bond acceptors (Lipinski definition) is 3. The third-order valence-corrected chi connectivity index (χ3v) is 3.86. The van der Waals surface area contributed by atoms with Crippen LogP contribution in [0.25, 0.3) is 0 Å². The van der Waals surface area contributed by atoms with E-state index in [2.05, 4.69) is 51.2 Å². The van der Waals surface area contributed by atoms with Crippen LogP contribution in [0.2, 0.25) is 0 Å². The molecule has 1 N–H and O–H groups in total. The van der Waals surface area contributed by atoms with Crippen LogP contribution in [0.5, 0.6) is 5.75 Å². The van der Waals surface area contributed by atoms with E-state index >= 15 is 0 Å². The SMILES string of the molecule is CCCNC(Cc1cc(C)ccc1OC)C(C)(C)OCC. The van der Waals surface area contributed by atoms with Gasteiger partial charge < -0.3 is 14.8 Å². The lowest BCUT2D eigenvalue weighted by Crippen LogP contribution is -2.50. The molecule has 1 rings (SSSR count). The first-order valence-electron chi connectivity index (χ1n) is 7.95. The second-order valence-corrected chi connectivity index (χ2v) is 6.06. The molecular weight excluding hydrogens is 262 g/mol. The average Bonchev–Trinajstić information content (AvgIpc) is 2.43. The summed E-state index contributed by atoms with van der Waals surface area (Å²) in [4.78, 5) is 0. The minimum Gasteiger partial charge on any atom is -0.496 e. The second kappa shape index (κ2) is 8.40. The smallest absolute Gasteiger partial charge is 0.122 e. The summed E-state index contributed by atoms with van der Waals surface area (Å²) >= 11 is 0. The second-order valence-electron chi connectivity index (χ2n) is 6.06. The highest BCUT2D eigenvalue weighted by Gasteiger charge is 2.30. The Morgan fingerprint density at radius 2 is 1.95 bits per heavy atom. The van der Waals surface area contributed by atoms with Gasteiger partial charge in [-0.15, -0.1) is 0 Å². The zero-order valence-electron chi connectivity index (χ0n) is 14.5. The predicted octanol–water partition coefficient (Wildman–Crippen LogP) is 3.73. The van der Waals surface area contributed by atoms with Crippen molar-refractivity contribution >= 4 is 0 Å². The Hall–Kier alpha value is -1.06. The predicted molar refractivity (Wildman–Crippen MR) is 89.2 cm³/mol. The van der Waals surface area contributed by atoms with Crippen LogP contribution in [-0.4, -0.2) is 31.9 Å². The quantitative estimate of drug-likeness (QED) is 0.752. The van der Waals surface area contributed by atoms with Crippen LogP contribution in [0.3, 0.4) is 0 Å². The topological polar surface area (TPSA) is 30.5 Å². The lowest BCUT2D eigenvalue weighted by Gasteiger charge is -2.35. The molecule has 1 unspecified atom stereocenters. The molecule has 0 saturated heterocycles. The van der Waals surface area contributed by atoms with Crippen LogP contribution in [0.1, 0.15) is 45.2 Å². The highest BCUT2D eigenvalue weighted by Crippen LogP contribution is 2.25. The van der Waals surface area contributed by atoms with Crippen LogP contribution in [-0.2, 0) is 11.2 Å². The van der Waals surface area contributed by atoms with Crippen molar-refractivity contribution < 1.29 is 9.47 Å². The maximum Gasteiger partial charge on any atom is 0.122 e. The van der Waals surface area contributed by atoms with E-state index in [1.165, 1.54) is 11.1 Å². The third-order valence-electron chi connectivity index (χ3n) is 3.86. The fraction of sp³-hybridized carbons (Fsp3) is 0.667. The van der Waals surface area contributed by atoms with Crippen LogP contribution >= 0.6 is 0 Å². The summed E-state index contributed by atoms with van der Waals surface area (Å²) in [6, 6.07) is 6.61. The average molecular weight is 293 g/mol. The molecule has 0 heterocycles. The molecule has 1 aromatic carbocycles. The summed E-state index contributed by atoms with van der Waals surface area (Å²) < 4.78 is 11.5. The molecule has 0 spiro atoms. The number of hydrogen-bond donors (Lipinski definition) is 1. The van der Waals surface area contributed by atoms with Crippen molar-refractivity contribution in [3.05, 3.63) is 29.3 Å². The van der Waals surface area contributed by atoms with Crippen molar-refractivity contribution in [1.82, 2.24) is 5.32 Å². The van der Waals surface area contributed by atoms with E-state index < -0.39 is 0 Å². The van der Waals surface area contributed by atoms with Crippen molar-refractivity contribution in [3.8, 4) is 5.75 Å². The summed E-state index contributed by atoms with van der Waals surface area (Å²) in [6.45, 7) is 12.4. The van der Waals surface area contributed by atoms with E-state index in [1.54, 1.807) is 7.11 Å². The molecular formula is C18H31NO2. The Labute approximate surface area is 130 Å². The van der Waals surface area contributed by atoms with Crippen LogP contribution < -0.4 is 10.1 Å². The summed E-state index contributed by atoms with van der Waals surface area (Å²) in [5.41, 5.74) is 2.28. The lowest BCUT2D eigenvalue weighted by atomic mass is 9.91. The van der Waals surface area contributed by atoms with Crippen LogP contribution in [0.15, 0.2) is 18.2 Å². The monoisotopic (exact) mass is 293 g/mol. The van der Waals surface area contributed by atoms with Crippen LogP contribution in [0.4, 0.5) is 0 Å². The highest BCUT2D eigenvalue weighted by atomic mass is 16.5. The number of benzene rings is 1. The van der Waals surface area contributed by atoms with Gasteiger partial charge in [-0.25, -0.2) is 0 Å². The van der Waals surface area contributed by atoms with Crippen molar-refractivity contribution in [3.63, 3.8) is 0 Å². The van der Waals surface area contributed by atoms with Gasteiger partial charge in [0.05, 0.1) is 12.7 Å². The lowest BCUT2D eigenvalue weighted by molar-refractivity contribution is -0.0380. The van der Waals surface area contributed by atoms with Gasteiger partial charge in [-0.05, 0) is 58.7 Å². The van der Waals surface area contributed by atoms with E-state index in [-0.39, 0.29) is 11.6 Å². The number of methoxy groups -OCH3 is 1. The molecule has 0 aliphatic heterocycles. The number of aryl methyl sites for hydroxylation is 1. The molecule has 0 saturated carbocycles. The standard InChI is InChI=1S/C18H31NO2/c1-7-11-19-17(18(4,5)21-8-2)13-15-12-14(3)9-10-16(15)20-6/h9-10,12,17,19H,7-8,11,13H2,1-6H3. The maximum absolute atomic E-state index is 5.96. The fourth-order valence-corrected chi connectivity index (χ4v) is 2.64. The zero-order valence-corrected chi connectivity index (χ0v) is 14.5. The number of rotatable bonds is 9. The molecule has 120 valence electrons. The van der Waals surface area contributed by atoms with Gasteiger partial charge in [-0.1, -0.05) is 24.6 Å². The fourth-order valence-electron chi connectivity index (χ4n) is 2.64. The largest absolute Gasteiger partial charge is 0.496 e. The van der Waals surface area contributed by atoms with Gasteiger partial charge in [-0.3, -0.25) is 0 Å². The summed E-state index contributed by atoms with van der Waals surface area (Å²) in [6.07, 6.45) is 2.02. The molecule has 21 heavy (non-hydrogen) atoms. The molecule has 0 bridgehead atoms. The van der Waals surface area contributed by atoms with E-state index in [9.17, 15) is 0 Å². The molecule has 0 radical (unpaired) electrons. The van der Waals surface area contributed by atoms with Crippen LogP contribution in [0, 0.1) is 6.92 Å². The van der Waals surface area contributed by atoms with Gasteiger partial charge in [0.1, 0.15) is 5.75 Å². The van der Waals surface area contributed by atoms with Gasteiger partial charge in [0, 0.05) is 12.6 Å². The molecule has 0 amide bonds. The van der Waals surface area contributed by atoms with E-state index in [4.69, 9.17) is 9.47 Å². The first-order valence-corrected chi connectivity index (χ1v) is 7.95. The van der Waals surface area contributed by atoms with Crippen molar-refractivity contribution in [1.29, 1.82) is 0 Å². The summed E-state index contributed by atoms with van der Waals surface area (Å²) in [5, 5.41) is 3.63. The Morgan fingerprint density at radius 3 is 2.52 bits per heavy atom. The molecule has 1 aromatic rings. The Balaban J connectivity index is 2.97. The van der Waals surface area contributed by atoms with Gasteiger partial charge in [0.15, 0.2) is 0 Å². The Bertz CT molecular complexity index is 429. The first-order chi connectivity index (χ1) is 9.94. The molecule has 0 aromatic heterocycles. The molecule has 3 nitrogen and oxygen atoms in total. The minimum absolute atomic E-state index is 0.210. The van der Waals surface area contributed by atoms with Gasteiger partial charge >= 0.3 is 0 Å². The molecule has 0 fully saturated rings. The van der Waals surface area contributed by atoms with E-state index in [0.29, 0.717) is 0 Å². The molecule has 0 aliphatic carbocycles. The molecule has 3 heteroatoms. The number of nitrogens with one attached hydrogen (secondary N) is 1. The van der Waals surface area contributed by atoms with Crippen molar-refractivity contribution in [2.24, 2.45) is 0 Å². The maximum atomic E-state index is 5.96. The molecule has 0 aliphatic rings. The number of ether oxygens (including phenoxy) is 2. The normalized spacial score (nSPS) is 13.2. The van der Waals surface area contributed by atoms with Gasteiger partial charge in [-0.2, -0.15) is 0 Å². The Kier molecular flexibility index (Phi) is 7.20. The van der Waals surface area contributed by atoms with Crippen molar-refractivity contribution in [2.45, 2.75) is 59.1 Å². The summed E-state index contributed by atoms with van der Waals surface area (Å²) in [7, 11) is 1.73. The zero-order chi connectivity index (χ0) is 15.9. The van der Waals surface area contributed by atoms with E-state index in [0.717, 1.165) is 31.7 Å². The Morgan fingerprint density at radius 1 is 1.24 bits per heavy atom. The highest BCUT2D eigenvalue weighted by molar-refractivity contribution is 5.37. The van der Waals surface area contributed by atoms with Crippen molar-refractivity contribution in [2.75, 3.05) is 20.3 Å². The molecule has 1 atom stereocenters. The third kappa shape index (κ3) is 5.33. The first kappa shape index (κ1) is 18.0. The van der Waals surface area contributed by atoms with Gasteiger partial charge in [0.25, 0.3) is 0 Å².